The van der Waals surface area contributed by atoms with Gasteiger partial charge in [-0.15, -0.1) is 0 Å². The first-order valence-corrected chi connectivity index (χ1v) is 20.8. The van der Waals surface area contributed by atoms with E-state index in [4.69, 9.17) is 0 Å². The third kappa shape index (κ3) is 5.78. The lowest BCUT2D eigenvalue weighted by Crippen LogP contribution is -2.28. The molecule has 1 aliphatic carbocycles. The molecule has 10 aromatic rings. The van der Waals surface area contributed by atoms with E-state index in [1.807, 2.05) is 0 Å². The summed E-state index contributed by atoms with van der Waals surface area (Å²) in [6, 6.07) is 91.0. The van der Waals surface area contributed by atoms with Gasteiger partial charge in [0.25, 0.3) is 0 Å². The summed E-state index contributed by atoms with van der Waals surface area (Å²) in [6.45, 7) is 0. The van der Waals surface area contributed by atoms with Gasteiger partial charge in [-0.25, -0.2) is 0 Å². The van der Waals surface area contributed by atoms with E-state index in [-0.39, 0.29) is 0 Å². The van der Waals surface area contributed by atoms with Crippen molar-refractivity contribution in [1.29, 1.82) is 0 Å². The maximum Gasteiger partial charge on any atom is 0.0714 e. The molecule has 0 amide bonds. The highest BCUT2D eigenvalue weighted by atomic mass is 15.1. The van der Waals surface area contributed by atoms with Gasteiger partial charge in [-0.1, -0.05) is 218 Å². The second-order valence-corrected chi connectivity index (χ2v) is 15.6. The fourth-order valence-corrected chi connectivity index (χ4v) is 9.76. The Kier molecular flexibility index (Phi) is 8.79. The van der Waals surface area contributed by atoms with Crippen LogP contribution < -0.4 is 4.90 Å². The first kappa shape index (κ1) is 35.4. The summed E-state index contributed by atoms with van der Waals surface area (Å²) in [4.78, 5) is 2.47. The normalized spacial score (nSPS) is 12.5. The lowest BCUT2D eigenvalue weighted by atomic mass is 9.67. The fraction of sp³-hybridized carbons (Fsp3) is 0.0169. The number of nitrogens with zero attached hydrogens (tertiary/aromatic N) is 1. The van der Waals surface area contributed by atoms with Crippen LogP contribution >= 0.6 is 0 Å². The van der Waals surface area contributed by atoms with Crippen LogP contribution in [0.25, 0.3) is 55.3 Å². The van der Waals surface area contributed by atoms with Crippen molar-refractivity contribution in [3.05, 3.63) is 271 Å². The molecule has 0 heterocycles. The molecule has 1 heteroatoms. The smallest absolute Gasteiger partial charge is 0.0714 e. The van der Waals surface area contributed by atoms with E-state index in [1.165, 1.54) is 77.5 Å². The molecule has 60 heavy (non-hydrogen) atoms. The number of hydrogen-bond acceptors (Lipinski definition) is 1. The van der Waals surface area contributed by atoms with Crippen molar-refractivity contribution in [2.45, 2.75) is 5.41 Å². The molecular weight excluding hydrogens is 723 g/mol. The molecule has 0 saturated carbocycles. The third-order valence-electron chi connectivity index (χ3n) is 12.4. The zero-order valence-corrected chi connectivity index (χ0v) is 33.1. The highest BCUT2D eigenvalue weighted by Gasteiger charge is 2.46. The summed E-state index contributed by atoms with van der Waals surface area (Å²) in [5.74, 6) is 0. The summed E-state index contributed by atoms with van der Waals surface area (Å²) in [7, 11) is 0. The minimum Gasteiger partial charge on any atom is -0.310 e. The number of fused-ring (bicyclic) bond motifs is 4. The van der Waals surface area contributed by atoms with Gasteiger partial charge in [-0.2, -0.15) is 0 Å². The molecule has 11 rings (SSSR count). The van der Waals surface area contributed by atoms with Crippen LogP contribution in [0, 0.1) is 0 Å². The zero-order valence-electron chi connectivity index (χ0n) is 33.1. The predicted octanol–water partition coefficient (Wildman–Crippen LogP) is 15.7. The fourth-order valence-electron chi connectivity index (χ4n) is 9.76. The van der Waals surface area contributed by atoms with Crippen LogP contribution in [0.1, 0.15) is 22.3 Å². The van der Waals surface area contributed by atoms with Gasteiger partial charge in [0.15, 0.2) is 0 Å². The van der Waals surface area contributed by atoms with E-state index in [1.54, 1.807) is 0 Å². The maximum absolute atomic E-state index is 2.47. The van der Waals surface area contributed by atoms with E-state index in [0.717, 1.165) is 17.1 Å². The van der Waals surface area contributed by atoms with Crippen molar-refractivity contribution in [3.8, 4) is 44.5 Å². The quantitative estimate of drug-likeness (QED) is 0.149. The molecule has 1 nitrogen and oxygen atoms in total. The summed E-state index contributed by atoms with van der Waals surface area (Å²) < 4.78 is 0. The Morgan fingerprint density at radius 1 is 0.267 bits per heavy atom. The average molecular weight is 764 g/mol. The van der Waals surface area contributed by atoms with Crippen LogP contribution in [0.4, 0.5) is 17.1 Å². The molecule has 0 aliphatic heterocycles. The highest BCUT2D eigenvalue weighted by molar-refractivity contribution is 6.05. The third-order valence-corrected chi connectivity index (χ3v) is 12.4. The number of hydrogen-bond donors (Lipinski definition) is 0. The number of rotatable bonds is 8. The van der Waals surface area contributed by atoms with E-state index >= 15 is 0 Å². The number of benzene rings is 10. The van der Waals surface area contributed by atoms with Gasteiger partial charge >= 0.3 is 0 Å². The van der Waals surface area contributed by atoms with Crippen molar-refractivity contribution in [2.75, 3.05) is 4.90 Å². The Labute approximate surface area is 352 Å². The summed E-state index contributed by atoms with van der Waals surface area (Å²) in [6.07, 6.45) is 0. The van der Waals surface area contributed by atoms with Crippen molar-refractivity contribution < 1.29 is 0 Å². The van der Waals surface area contributed by atoms with Crippen molar-refractivity contribution in [1.82, 2.24) is 0 Å². The van der Waals surface area contributed by atoms with E-state index in [0.29, 0.717) is 0 Å². The standard InChI is InChI=1S/C59H41N/c1-5-20-42(21-6-1)49-38-39-50(53-32-14-13-31-52(49)53)44-24-19-29-47(40-44)60(58-35-18-16-30-51(58)43-22-7-2-8-23-43)48-36-37-55-54-33-15-17-34-56(54)59(57(55)41-48,45-25-9-3-10-26-45)46-27-11-4-12-28-46/h1-41H. The monoisotopic (exact) mass is 763 g/mol. The average Bonchev–Trinajstić information content (AvgIpc) is 3.63. The molecule has 0 atom stereocenters. The molecule has 0 spiro atoms. The van der Waals surface area contributed by atoms with Gasteiger partial charge in [0.2, 0.25) is 0 Å². The zero-order chi connectivity index (χ0) is 39.9. The molecule has 0 fully saturated rings. The second-order valence-electron chi connectivity index (χ2n) is 15.6. The Balaban J connectivity index is 1.16. The minimum absolute atomic E-state index is 0.518. The molecule has 282 valence electrons. The molecule has 10 aromatic carbocycles. The minimum atomic E-state index is -0.518. The van der Waals surface area contributed by atoms with Crippen LogP contribution in [-0.2, 0) is 5.41 Å². The lowest BCUT2D eigenvalue weighted by Gasteiger charge is -2.35. The highest BCUT2D eigenvalue weighted by Crippen LogP contribution is 2.57. The van der Waals surface area contributed by atoms with Gasteiger partial charge in [0.05, 0.1) is 11.1 Å². The van der Waals surface area contributed by atoms with Gasteiger partial charge in [-0.05, 0) is 102 Å². The predicted molar refractivity (Wildman–Crippen MR) is 252 cm³/mol. The molecule has 0 N–H and O–H groups in total. The summed E-state index contributed by atoms with van der Waals surface area (Å²) in [5.41, 5.74) is 17.6. The summed E-state index contributed by atoms with van der Waals surface area (Å²) in [5, 5.41) is 2.48. The SMILES string of the molecule is c1ccc(-c2ccccc2N(c2cccc(-c3ccc(-c4ccccc4)c4ccccc34)c2)c2ccc3c(c2)C(c2ccccc2)(c2ccccc2)c2ccccc2-3)cc1. The number of anilines is 3. The molecule has 0 aromatic heterocycles. The van der Waals surface area contributed by atoms with E-state index < -0.39 is 5.41 Å². The first-order chi connectivity index (χ1) is 29.8. The van der Waals surface area contributed by atoms with Crippen LogP contribution in [0.15, 0.2) is 249 Å². The Hall–Kier alpha value is -7.74. The van der Waals surface area contributed by atoms with Crippen LogP contribution in [0.2, 0.25) is 0 Å². The lowest BCUT2D eigenvalue weighted by molar-refractivity contribution is 0.768. The Bertz CT molecular complexity index is 3090. The number of para-hydroxylation sites is 1. The van der Waals surface area contributed by atoms with Crippen molar-refractivity contribution >= 4 is 27.8 Å². The maximum atomic E-state index is 2.47. The van der Waals surface area contributed by atoms with Crippen molar-refractivity contribution in [3.63, 3.8) is 0 Å². The Morgan fingerprint density at radius 2 is 0.717 bits per heavy atom. The van der Waals surface area contributed by atoms with Gasteiger partial charge in [-0.3, -0.25) is 0 Å². The molecule has 0 saturated heterocycles. The molecule has 0 radical (unpaired) electrons. The largest absolute Gasteiger partial charge is 0.310 e. The van der Waals surface area contributed by atoms with E-state index in [2.05, 4.69) is 254 Å². The Morgan fingerprint density at radius 3 is 1.37 bits per heavy atom. The van der Waals surface area contributed by atoms with Gasteiger partial charge in [0, 0.05) is 16.9 Å². The van der Waals surface area contributed by atoms with Crippen LogP contribution in [0.3, 0.4) is 0 Å². The molecule has 0 bridgehead atoms. The van der Waals surface area contributed by atoms with Crippen molar-refractivity contribution in [2.24, 2.45) is 0 Å². The molecular formula is C59H41N. The van der Waals surface area contributed by atoms with Gasteiger partial charge in [0.1, 0.15) is 0 Å². The summed E-state index contributed by atoms with van der Waals surface area (Å²) >= 11 is 0. The van der Waals surface area contributed by atoms with Gasteiger partial charge < -0.3 is 4.90 Å². The first-order valence-electron chi connectivity index (χ1n) is 20.8. The second kappa shape index (κ2) is 14.9. The van der Waals surface area contributed by atoms with Crippen LogP contribution in [-0.4, -0.2) is 0 Å². The topological polar surface area (TPSA) is 3.24 Å². The van der Waals surface area contributed by atoms with E-state index in [9.17, 15) is 0 Å². The molecule has 0 unspecified atom stereocenters. The molecule has 1 aliphatic rings. The van der Waals surface area contributed by atoms with Crippen LogP contribution in [0.5, 0.6) is 0 Å².